The lowest BCUT2D eigenvalue weighted by molar-refractivity contribution is 0.102. The Morgan fingerprint density at radius 2 is 1.48 bits per heavy atom. The van der Waals surface area contributed by atoms with Gasteiger partial charge < -0.3 is 15.4 Å². The van der Waals surface area contributed by atoms with Gasteiger partial charge in [0.1, 0.15) is 5.75 Å². The van der Waals surface area contributed by atoms with E-state index in [4.69, 9.17) is 4.74 Å². The van der Waals surface area contributed by atoms with Crippen molar-refractivity contribution in [1.82, 2.24) is 0 Å². The maximum absolute atomic E-state index is 12.7. The summed E-state index contributed by atoms with van der Waals surface area (Å²) in [5.74, 6) is 0.0302. The molecule has 0 aliphatic heterocycles. The average Bonchev–Trinajstić information content (AvgIpc) is 2.72. The highest BCUT2D eigenvalue weighted by molar-refractivity contribution is 6.09. The molecule has 2 amide bonds. The summed E-state index contributed by atoms with van der Waals surface area (Å²) in [5.41, 5.74) is 4.37. The maximum Gasteiger partial charge on any atom is 0.255 e. The maximum atomic E-state index is 12.7. The van der Waals surface area contributed by atoms with E-state index in [0.717, 1.165) is 16.8 Å². The predicted molar refractivity (Wildman–Crippen MR) is 116 cm³/mol. The van der Waals surface area contributed by atoms with Crippen LogP contribution in [0.5, 0.6) is 5.75 Å². The first kappa shape index (κ1) is 20.1. The largest absolute Gasteiger partial charge is 0.492 e. The fraction of sp³-hybridized carbons (Fsp3) is 0.167. The molecular formula is C24H24N2O3. The van der Waals surface area contributed by atoms with Gasteiger partial charge in [-0.25, -0.2) is 0 Å². The summed E-state index contributed by atoms with van der Waals surface area (Å²) in [5, 5.41) is 5.72. The van der Waals surface area contributed by atoms with E-state index in [0.29, 0.717) is 29.2 Å². The Balaban J connectivity index is 1.75. The summed E-state index contributed by atoms with van der Waals surface area (Å²) in [6.07, 6.45) is 0. The average molecular weight is 388 g/mol. The van der Waals surface area contributed by atoms with Crippen molar-refractivity contribution in [2.45, 2.75) is 20.8 Å². The fourth-order valence-corrected chi connectivity index (χ4v) is 2.87. The van der Waals surface area contributed by atoms with E-state index in [9.17, 15) is 9.59 Å². The lowest BCUT2D eigenvalue weighted by Gasteiger charge is -2.12. The molecule has 0 fully saturated rings. The standard InChI is InChI=1S/C24H24N2O3/c1-4-29-22-11-6-5-10-21(22)26-24(28)19-9-7-8-18(15-19)23(27)25-20-13-12-16(2)17(3)14-20/h5-15H,4H2,1-3H3,(H,25,27)(H,26,28). The molecule has 0 unspecified atom stereocenters. The van der Waals surface area contributed by atoms with Crippen molar-refractivity contribution < 1.29 is 14.3 Å². The van der Waals surface area contributed by atoms with Crippen LogP contribution in [0.4, 0.5) is 11.4 Å². The van der Waals surface area contributed by atoms with E-state index in [1.54, 1.807) is 36.4 Å². The van der Waals surface area contributed by atoms with Gasteiger partial charge in [0.25, 0.3) is 11.8 Å². The van der Waals surface area contributed by atoms with E-state index >= 15 is 0 Å². The SMILES string of the molecule is CCOc1ccccc1NC(=O)c1cccc(C(=O)Nc2ccc(C)c(C)c2)c1. The first-order chi connectivity index (χ1) is 14.0. The molecule has 5 nitrogen and oxygen atoms in total. The number of rotatable bonds is 6. The molecule has 0 bridgehead atoms. The van der Waals surface area contributed by atoms with Gasteiger partial charge in [0.2, 0.25) is 0 Å². The monoisotopic (exact) mass is 388 g/mol. The highest BCUT2D eigenvalue weighted by atomic mass is 16.5. The first-order valence-electron chi connectivity index (χ1n) is 9.49. The molecule has 0 aliphatic carbocycles. The summed E-state index contributed by atoms with van der Waals surface area (Å²) in [4.78, 5) is 25.3. The Morgan fingerprint density at radius 1 is 0.793 bits per heavy atom. The summed E-state index contributed by atoms with van der Waals surface area (Å²) in [6.45, 7) is 6.40. The molecule has 2 N–H and O–H groups in total. The van der Waals surface area contributed by atoms with Crippen LogP contribution in [0.2, 0.25) is 0 Å². The second-order valence-corrected chi connectivity index (χ2v) is 6.72. The highest BCUT2D eigenvalue weighted by Gasteiger charge is 2.13. The minimum absolute atomic E-state index is 0.266. The number of hydrogen-bond donors (Lipinski definition) is 2. The number of benzene rings is 3. The molecule has 0 aromatic heterocycles. The van der Waals surface area contributed by atoms with Crippen LogP contribution in [0.15, 0.2) is 66.7 Å². The molecule has 3 rings (SSSR count). The molecule has 3 aromatic rings. The summed E-state index contributed by atoms with van der Waals surface area (Å²) in [7, 11) is 0. The molecule has 0 saturated heterocycles. The fourth-order valence-electron chi connectivity index (χ4n) is 2.87. The van der Waals surface area contributed by atoms with Crippen molar-refractivity contribution >= 4 is 23.2 Å². The molecule has 0 heterocycles. The predicted octanol–water partition coefficient (Wildman–Crippen LogP) is 5.21. The Morgan fingerprint density at radius 3 is 2.17 bits per heavy atom. The van der Waals surface area contributed by atoms with Gasteiger partial charge in [0, 0.05) is 16.8 Å². The van der Waals surface area contributed by atoms with Crippen LogP contribution in [-0.2, 0) is 0 Å². The van der Waals surface area contributed by atoms with Gasteiger partial charge in [-0.2, -0.15) is 0 Å². The summed E-state index contributed by atoms with van der Waals surface area (Å²) >= 11 is 0. The van der Waals surface area contributed by atoms with E-state index in [-0.39, 0.29) is 11.8 Å². The van der Waals surface area contributed by atoms with Crippen LogP contribution in [-0.4, -0.2) is 18.4 Å². The van der Waals surface area contributed by atoms with E-state index in [1.807, 2.05) is 51.1 Å². The van der Waals surface area contributed by atoms with Crippen molar-refractivity contribution in [3.63, 3.8) is 0 Å². The van der Waals surface area contributed by atoms with E-state index < -0.39 is 0 Å². The van der Waals surface area contributed by atoms with Crippen molar-refractivity contribution in [2.75, 3.05) is 17.2 Å². The van der Waals surface area contributed by atoms with Gasteiger partial charge in [-0.05, 0) is 74.4 Å². The van der Waals surface area contributed by atoms with E-state index in [1.165, 1.54) is 0 Å². The van der Waals surface area contributed by atoms with Crippen molar-refractivity contribution in [2.24, 2.45) is 0 Å². The Hall–Kier alpha value is -3.60. The lowest BCUT2D eigenvalue weighted by atomic mass is 10.1. The van der Waals surface area contributed by atoms with Crippen LogP contribution in [0.25, 0.3) is 0 Å². The zero-order valence-corrected chi connectivity index (χ0v) is 16.8. The number of amides is 2. The third-order valence-corrected chi connectivity index (χ3v) is 4.59. The number of hydrogen-bond acceptors (Lipinski definition) is 3. The zero-order chi connectivity index (χ0) is 20.8. The second-order valence-electron chi connectivity index (χ2n) is 6.72. The van der Waals surface area contributed by atoms with Gasteiger partial charge in [0.05, 0.1) is 12.3 Å². The number of nitrogens with one attached hydrogen (secondary N) is 2. The minimum atomic E-state index is -0.307. The molecule has 3 aromatic carbocycles. The molecule has 0 aliphatic rings. The molecule has 148 valence electrons. The van der Waals surface area contributed by atoms with Crippen LogP contribution in [0, 0.1) is 13.8 Å². The summed E-state index contributed by atoms with van der Waals surface area (Å²) < 4.78 is 5.54. The smallest absolute Gasteiger partial charge is 0.255 e. The van der Waals surface area contributed by atoms with Crippen LogP contribution < -0.4 is 15.4 Å². The number of carbonyl (C=O) groups is 2. The van der Waals surface area contributed by atoms with Gasteiger partial charge in [-0.1, -0.05) is 24.3 Å². The molecule has 0 atom stereocenters. The number of ether oxygens (including phenoxy) is 1. The first-order valence-corrected chi connectivity index (χ1v) is 9.49. The van der Waals surface area contributed by atoms with Gasteiger partial charge in [0.15, 0.2) is 0 Å². The quantitative estimate of drug-likeness (QED) is 0.609. The van der Waals surface area contributed by atoms with Gasteiger partial charge in [-0.15, -0.1) is 0 Å². The molecule has 5 heteroatoms. The van der Waals surface area contributed by atoms with Crippen molar-refractivity contribution in [3.8, 4) is 5.75 Å². The normalized spacial score (nSPS) is 10.3. The highest BCUT2D eigenvalue weighted by Crippen LogP contribution is 2.24. The molecule has 0 spiro atoms. The van der Waals surface area contributed by atoms with Crippen LogP contribution in [0.1, 0.15) is 38.8 Å². The molecule has 29 heavy (non-hydrogen) atoms. The topological polar surface area (TPSA) is 67.4 Å². The summed E-state index contributed by atoms with van der Waals surface area (Å²) in [6, 6.07) is 19.6. The van der Waals surface area contributed by atoms with Gasteiger partial charge >= 0.3 is 0 Å². The lowest BCUT2D eigenvalue weighted by Crippen LogP contribution is -2.16. The van der Waals surface area contributed by atoms with E-state index in [2.05, 4.69) is 10.6 Å². The molecule has 0 radical (unpaired) electrons. The second kappa shape index (κ2) is 9.06. The Kier molecular flexibility index (Phi) is 6.29. The number of aryl methyl sites for hydroxylation is 2. The third-order valence-electron chi connectivity index (χ3n) is 4.59. The van der Waals surface area contributed by atoms with Crippen LogP contribution >= 0.6 is 0 Å². The Bertz CT molecular complexity index is 1040. The van der Waals surface area contributed by atoms with Crippen molar-refractivity contribution in [3.05, 3.63) is 89.0 Å². The molecular weight excluding hydrogens is 364 g/mol. The zero-order valence-electron chi connectivity index (χ0n) is 16.8. The Labute approximate surface area is 170 Å². The van der Waals surface area contributed by atoms with Gasteiger partial charge in [-0.3, -0.25) is 9.59 Å². The van der Waals surface area contributed by atoms with Crippen LogP contribution in [0.3, 0.4) is 0 Å². The van der Waals surface area contributed by atoms with Crippen molar-refractivity contribution in [1.29, 1.82) is 0 Å². The minimum Gasteiger partial charge on any atom is -0.492 e. The molecule has 0 saturated carbocycles. The third kappa shape index (κ3) is 5.02. The number of para-hydroxylation sites is 2. The number of anilines is 2. The number of carbonyl (C=O) groups excluding carboxylic acids is 2.